The zero-order valence-corrected chi connectivity index (χ0v) is 22.9. The van der Waals surface area contributed by atoms with E-state index in [0.717, 1.165) is 22.6 Å². The predicted molar refractivity (Wildman–Crippen MR) is 124 cm³/mol. The average Bonchev–Trinajstić information content (AvgIpc) is 3.08. The van der Waals surface area contributed by atoms with Gasteiger partial charge in [-0.25, -0.2) is 0 Å². The fourth-order valence-corrected chi connectivity index (χ4v) is 5.92. The van der Waals surface area contributed by atoms with Gasteiger partial charge in [0.25, 0.3) is 0 Å². The van der Waals surface area contributed by atoms with E-state index in [1.165, 1.54) is 16.6 Å². The van der Waals surface area contributed by atoms with Gasteiger partial charge in [0.05, 0.1) is 16.9 Å². The topological polar surface area (TPSA) is 30.7 Å². The summed E-state index contributed by atoms with van der Waals surface area (Å²) >= 11 is 0. The van der Waals surface area contributed by atoms with Gasteiger partial charge in [0.2, 0.25) is 0 Å². The van der Waals surface area contributed by atoms with Crippen molar-refractivity contribution in [2.24, 2.45) is 5.41 Å². The van der Waals surface area contributed by atoms with Gasteiger partial charge in [-0.2, -0.15) is 0 Å². The van der Waals surface area contributed by atoms with Crippen molar-refractivity contribution in [1.29, 1.82) is 0 Å². The molecule has 167 valence electrons. The number of benzene rings is 1. The summed E-state index contributed by atoms with van der Waals surface area (Å²) in [5.74, 6) is 0.996. The first-order valence-electron chi connectivity index (χ1n) is 11.1. The molecule has 0 amide bonds. The second-order valence-corrected chi connectivity index (χ2v) is 12.0. The van der Waals surface area contributed by atoms with E-state index in [9.17, 15) is 0 Å². The van der Waals surface area contributed by atoms with E-state index in [4.69, 9.17) is 9.97 Å². The zero-order chi connectivity index (χ0) is 22.1. The minimum Gasteiger partial charge on any atom is -0.359 e. The normalized spacial score (nSPS) is 22.9. The SMILES string of the molecule is CC1(C)c2ncc[c-]c2-c2nc3cc4c(cc3n2C1(C)C)C(C)(C)C(C)(C)C4(C)C.[Ir]. The quantitative estimate of drug-likeness (QED) is 0.279. The summed E-state index contributed by atoms with van der Waals surface area (Å²) in [4.78, 5) is 9.97. The van der Waals surface area contributed by atoms with Gasteiger partial charge < -0.3 is 9.55 Å². The van der Waals surface area contributed by atoms with Gasteiger partial charge in [-0.1, -0.05) is 67.2 Å². The van der Waals surface area contributed by atoms with Crippen molar-refractivity contribution in [2.45, 2.75) is 91.0 Å². The third-order valence-electron chi connectivity index (χ3n) is 9.91. The molecule has 1 aliphatic heterocycles. The molecule has 2 aliphatic rings. The van der Waals surface area contributed by atoms with Gasteiger partial charge in [0, 0.05) is 25.6 Å². The van der Waals surface area contributed by atoms with E-state index in [-0.39, 0.29) is 47.3 Å². The van der Waals surface area contributed by atoms with Gasteiger partial charge in [0.1, 0.15) is 0 Å². The second-order valence-electron chi connectivity index (χ2n) is 12.0. The maximum atomic E-state index is 5.19. The Kier molecular flexibility index (Phi) is 4.45. The van der Waals surface area contributed by atoms with Gasteiger partial charge in [-0.15, -0.1) is 12.1 Å². The van der Waals surface area contributed by atoms with Crippen molar-refractivity contribution in [2.75, 3.05) is 0 Å². The molecule has 0 saturated carbocycles. The van der Waals surface area contributed by atoms with Crippen LogP contribution in [0.2, 0.25) is 0 Å². The van der Waals surface area contributed by atoms with E-state index in [0.29, 0.717) is 0 Å². The fraction of sp³-hybridized carbons (Fsp3) is 0.556. The number of aromatic nitrogens is 3. The van der Waals surface area contributed by atoms with Crippen LogP contribution in [0.25, 0.3) is 22.4 Å². The van der Waals surface area contributed by atoms with Gasteiger partial charge in [-0.3, -0.25) is 4.98 Å². The van der Waals surface area contributed by atoms with Crippen molar-refractivity contribution in [1.82, 2.24) is 14.5 Å². The largest absolute Gasteiger partial charge is 0.359 e. The average molecular weight is 593 g/mol. The molecule has 31 heavy (non-hydrogen) atoms. The van der Waals surface area contributed by atoms with Crippen LogP contribution in [0.3, 0.4) is 0 Å². The fourth-order valence-electron chi connectivity index (χ4n) is 5.92. The molecule has 0 saturated heterocycles. The molecule has 1 aliphatic carbocycles. The number of pyridine rings is 1. The monoisotopic (exact) mass is 593 g/mol. The van der Waals surface area contributed by atoms with Crippen molar-refractivity contribution in [3.8, 4) is 11.4 Å². The number of rotatable bonds is 0. The summed E-state index contributed by atoms with van der Waals surface area (Å²) in [5, 5.41) is 0. The first-order valence-corrected chi connectivity index (χ1v) is 11.1. The third kappa shape index (κ3) is 2.34. The zero-order valence-electron chi connectivity index (χ0n) is 20.5. The van der Waals surface area contributed by atoms with Gasteiger partial charge >= 0.3 is 0 Å². The molecule has 4 heteroatoms. The molecule has 1 aromatic carbocycles. The Labute approximate surface area is 200 Å². The molecule has 3 nitrogen and oxygen atoms in total. The number of hydrogen-bond acceptors (Lipinski definition) is 2. The Bertz CT molecular complexity index is 1220. The summed E-state index contributed by atoms with van der Waals surface area (Å²) in [6.07, 6.45) is 1.86. The standard InChI is InChI=1S/C27H34N3.Ir/c1-23(2)17-14-19-20(15-18(17)24(3,4)26(23,7)8)30-22(29-19)16-12-11-13-28-21(16)25(5,6)27(30,9)10;/h11,13-15H,1-10H3;/q-1;. The Balaban J connectivity index is 0.00000231. The minimum absolute atomic E-state index is 0. The molecule has 5 rings (SSSR count). The molecule has 3 heterocycles. The Hall–Kier alpha value is -1.51. The van der Waals surface area contributed by atoms with Crippen LogP contribution >= 0.6 is 0 Å². The Morgan fingerprint density at radius 3 is 2.00 bits per heavy atom. The minimum atomic E-state index is -0.172. The van der Waals surface area contributed by atoms with Crippen molar-refractivity contribution in [3.63, 3.8) is 0 Å². The van der Waals surface area contributed by atoms with Crippen LogP contribution in [0.1, 0.15) is 86.1 Å². The Morgan fingerprint density at radius 2 is 1.39 bits per heavy atom. The van der Waals surface area contributed by atoms with Crippen LogP contribution in [-0.4, -0.2) is 14.5 Å². The van der Waals surface area contributed by atoms with Crippen LogP contribution in [0, 0.1) is 11.5 Å². The molecule has 0 spiro atoms. The van der Waals surface area contributed by atoms with Crippen LogP contribution < -0.4 is 0 Å². The molecule has 0 fully saturated rings. The van der Waals surface area contributed by atoms with Gasteiger partial charge in [-0.05, 0) is 64.5 Å². The van der Waals surface area contributed by atoms with Crippen LogP contribution in [0.5, 0.6) is 0 Å². The van der Waals surface area contributed by atoms with E-state index < -0.39 is 0 Å². The van der Waals surface area contributed by atoms with E-state index in [2.05, 4.69) is 92.0 Å². The van der Waals surface area contributed by atoms with Crippen molar-refractivity contribution < 1.29 is 20.1 Å². The van der Waals surface area contributed by atoms with Gasteiger partial charge in [0.15, 0.2) is 0 Å². The summed E-state index contributed by atoms with van der Waals surface area (Å²) in [5.41, 5.74) is 7.31. The molecule has 2 aromatic heterocycles. The van der Waals surface area contributed by atoms with E-state index in [1.807, 2.05) is 12.3 Å². The first kappa shape index (κ1) is 22.7. The summed E-state index contributed by atoms with van der Waals surface area (Å²) in [6, 6.07) is 10.2. The summed E-state index contributed by atoms with van der Waals surface area (Å²) < 4.78 is 2.46. The van der Waals surface area contributed by atoms with Crippen molar-refractivity contribution in [3.05, 3.63) is 47.3 Å². The van der Waals surface area contributed by atoms with Crippen LogP contribution in [-0.2, 0) is 41.9 Å². The van der Waals surface area contributed by atoms with Crippen LogP contribution in [0.15, 0.2) is 24.4 Å². The maximum absolute atomic E-state index is 5.19. The molecular weight excluding hydrogens is 559 g/mol. The molecular formula is C27H34IrN3-. The second kappa shape index (κ2) is 6.08. The predicted octanol–water partition coefficient (Wildman–Crippen LogP) is 6.52. The number of nitrogens with zero attached hydrogens (tertiary/aromatic N) is 3. The smallest absolute Gasteiger partial charge is 0.0774 e. The molecule has 3 aromatic rings. The molecule has 0 bridgehead atoms. The molecule has 0 N–H and O–H groups in total. The Morgan fingerprint density at radius 1 is 0.806 bits per heavy atom. The van der Waals surface area contributed by atoms with E-state index in [1.54, 1.807) is 0 Å². The molecule has 1 radical (unpaired) electrons. The summed E-state index contributed by atoms with van der Waals surface area (Å²) in [7, 11) is 0. The summed E-state index contributed by atoms with van der Waals surface area (Å²) in [6.45, 7) is 23.7. The van der Waals surface area contributed by atoms with Crippen LogP contribution in [0.4, 0.5) is 0 Å². The number of fused-ring (bicyclic) bond motifs is 6. The molecule has 0 unspecified atom stereocenters. The maximum Gasteiger partial charge on any atom is 0.0774 e. The van der Waals surface area contributed by atoms with Crippen molar-refractivity contribution >= 4 is 11.0 Å². The first-order chi connectivity index (χ1) is 13.7. The number of imidazole rings is 1. The third-order valence-corrected chi connectivity index (χ3v) is 9.91. The van der Waals surface area contributed by atoms with E-state index >= 15 is 0 Å². The molecule has 0 atom stereocenters. The number of hydrogen-bond donors (Lipinski definition) is 0.